The second kappa shape index (κ2) is 11.0. The highest BCUT2D eigenvalue weighted by atomic mass is 35.5. The van der Waals surface area contributed by atoms with E-state index in [2.05, 4.69) is 10.3 Å². The number of hydrogen-bond acceptors (Lipinski definition) is 7. The van der Waals surface area contributed by atoms with Crippen molar-refractivity contribution in [3.05, 3.63) is 39.9 Å². The molecule has 1 N–H and O–H groups in total. The zero-order chi connectivity index (χ0) is 24.2. The Kier molecular flexibility index (Phi) is 8.52. The van der Waals surface area contributed by atoms with E-state index in [4.69, 9.17) is 16.3 Å². The van der Waals surface area contributed by atoms with Crippen molar-refractivity contribution in [3.8, 4) is 0 Å². The van der Waals surface area contributed by atoms with Crippen LogP contribution < -0.4 is 5.32 Å². The molecule has 1 aromatic carbocycles. The fraction of sp³-hybridized carbons (Fsp3) is 0.476. The number of nitrogens with one attached hydrogen (secondary N) is 1. The zero-order valence-corrected chi connectivity index (χ0v) is 20.3. The topological polar surface area (TPSA) is 71.5 Å². The van der Waals surface area contributed by atoms with Crippen molar-refractivity contribution in [1.82, 2.24) is 9.88 Å². The molecule has 3 rings (SSSR count). The lowest BCUT2D eigenvalue weighted by molar-refractivity contribution is -0.137. The van der Waals surface area contributed by atoms with Gasteiger partial charge in [0.15, 0.2) is 10.0 Å². The van der Waals surface area contributed by atoms with Gasteiger partial charge in [-0.2, -0.15) is 13.2 Å². The van der Waals surface area contributed by atoms with E-state index < -0.39 is 17.7 Å². The van der Waals surface area contributed by atoms with Gasteiger partial charge in [-0.25, -0.2) is 9.78 Å². The molecule has 1 saturated heterocycles. The number of benzene rings is 1. The molecule has 2 heterocycles. The fourth-order valence-electron chi connectivity index (χ4n) is 3.32. The number of esters is 1. The van der Waals surface area contributed by atoms with Gasteiger partial charge in [0, 0.05) is 42.4 Å². The van der Waals surface area contributed by atoms with Gasteiger partial charge in [-0.15, -0.1) is 11.3 Å². The molecule has 1 aliphatic rings. The van der Waals surface area contributed by atoms with Crippen LogP contribution in [0.3, 0.4) is 0 Å². The Morgan fingerprint density at radius 2 is 2.18 bits per heavy atom. The zero-order valence-electron chi connectivity index (χ0n) is 17.9. The molecule has 0 aliphatic carbocycles. The van der Waals surface area contributed by atoms with Gasteiger partial charge in [0.25, 0.3) is 0 Å². The first-order chi connectivity index (χ1) is 15.5. The van der Waals surface area contributed by atoms with Crippen LogP contribution in [0.25, 0.3) is 0 Å². The lowest BCUT2D eigenvalue weighted by Crippen LogP contribution is -2.39. The molecule has 1 aliphatic heterocycles. The van der Waals surface area contributed by atoms with E-state index >= 15 is 0 Å². The standard InChI is InChI=1S/C21H23ClF3N3O3S2/c1-12(2)31-19(30)17-11-33-20(27-17)32-8-7-28-14(4-6-18(28)29)10-26-13-3-5-16(22)15(9-13)21(23,24)25/h3,5,9,11-12,14,26H,4,6-8,10H2,1-2H3/t14-/m1/s1. The fourth-order valence-corrected chi connectivity index (χ4v) is 5.35. The van der Waals surface area contributed by atoms with Crippen molar-refractivity contribution in [3.63, 3.8) is 0 Å². The van der Waals surface area contributed by atoms with Gasteiger partial charge < -0.3 is 15.0 Å². The van der Waals surface area contributed by atoms with Crippen LogP contribution in [0.1, 0.15) is 42.7 Å². The maximum atomic E-state index is 13.1. The van der Waals surface area contributed by atoms with Crippen molar-refractivity contribution in [2.45, 2.75) is 49.4 Å². The van der Waals surface area contributed by atoms with E-state index in [1.807, 2.05) is 0 Å². The van der Waals surface area contributed by atoms with E-state index in [1.54, 1.807) is 24.1 Å². The molecule has 12 heteroatoms. The summed E-state index contributed by atoms with van der Waals surface area (Å²) in [6.45, 7) is 4.33. The van der Waals surface area contributed by atoms with Crippen LogP contribution in [0.15, 0.2) is 27.9 Å². The lowest BCUT2D eigenvalue weighted by atomic mass is 10.1. The average molecular weight is 522 g/mol. The first-order valence-electron chi connectivity index (χ1n) is 10.2. The van der Waals surface area contributed by atoms with E-state index in [0.717, 1.165) is 6.07 Å². The summed E-state index contributed by atoms with van der Waals surface area (Å²) < 4.78 is 45.0. The lowest BCUT2D eigenvalue weighted by Gasteiger charge is -2.25. The highest BCUT2D eigenvalue weighted by Crippen LogP contribution is 2.36. The van der Waals surface area contributed by atoms with Crippen LogP contribution in [0.5, 0.6) is 0 Å². The number of thioether (sulfide) groups is 1. The van der Waals surface area contributed by atoms with E-state index in [9.17, 15) is 22.8 Å². The highest BCUT2D eigenvalue weighted by molar-refractivity contribution is 8.01. The molecule has 0 spiro atoms. The number of alkyl halides is 3. The van der Waals surface area contributed by atoms with Gasteiger partial charge in [-0.3, -0.25) is 4.79 Å². The number of rotatable bonds is 9. The normalized spacial score (nSPS) is 16.5. The summed E-state index contributed by atoms with van der Waals surface area (Å²) in [6.07, 6.45) is -3.75. The molecule has 6 nitrogen and oxygen atoms in total. The van der Waals surface area contributed by atoms with Crippen molar-refractivity contribution >= 4 is 52.3 Å². The maximum absolute atomic E-state index is 13.1. The van der Waals surface area contributed by atoms with Crippen molar-refractivity contribution in [2.24, 2.45) is 0 Å². The van der Waals surface area contributed by atoms with Gasteiger partial charge in [0.05, 0.1) is 16.7 Å². The summed E-state index contributed by atoms with van der Waals surface area (Å²) >= 11 is 8.43. The first kappa shape index (κ1) is 25.6. The summed E-state index contributed by atoms with van der Waals surface area (Å²) in [5, 5.41) is 4.28. The molecule has 0 saturated carbocycles. The number of hydrogen-bond donors (Lipinski definition) is 1. The van der Waals surface area contributed by atoms with Crippen LogP contribution in [0.2, 0.25) is 5.02 Å². The Morgan fingerprint density at radius 3 is 2.88 bits per heavy atom. The number of halogens is 4. The summed E-state index contributed by atoms with van der Waals surface area (Å²) in [7, 11) is 0. The summed E-state index contributed by atoms with van der Waals surface area (Å²) in [5.41, 5.74) is -0.342. The summed E-state index contributed by atoms with van der Waals surface area (Å²) in [5.74, 6) is 0.118. The molecule has 180 valence electrons. The van der Waals surface area contributed by atoms with Gasteiger partial charge in [-0.1, -0.05) is 23.4 Å². The molecular weight excluding hydrogens is 499 g/mol. The van der Waals surface area contributed by atoms with Crippen LogP contribution >= 0.6 is 34.7 Å². The molecule has 1 amide bonds. The number of amides is 1. The van der Waals surface area contributed by atoms with E-state index in [-0.39, 0.29) is 28.8 Å². The molecule has 33 heavy (non-hydrogen) atoms. The monoisotopic (exact) mass is 521 g/mol. The van der Waals surface area contributed by atoms with Crippen LogP contribution in [0.4, 0.5) is 18.9 Å². The number of thiazole rings is 1. The third-order valence-corrected chi connectivity index (χ3v) is 7.19. The maximum Gasteiger partial charge on any atom is 0.417 e. The molecule has 0 radical (unpaired) electrons. The second-order valence-corrected chi connectivity index (χ2v) is 10.3. The molecular formula is C21H23ClF3N3O3S2. The average Bonchev–Trinajstić information content (AvgIpc) is 3.33. The minimum absolute atomic E-state index is 0.00910. The van der Waals surface area contributed by atoms with Crippen LogP contribution in [-0.2, 0) is 15.7 Å². The molecule has 1 aromatic heterocycles. The Labute approximate surface area is 202 Å². The predicted octanol–water partition coefficient (Wildman–Crippen LogP) is 5.58. The molecule has 1 atom stereocenters. The van der Waals surface area contributed by atoms with Crippen LogP contribution in [-0.4, -0.2) is 52.7 Å². The quantitative estimate of drug-likeness (QED) is 0.343. The number of carbonyl (C=O) groups excluding carboxylic acids is 2. The SMILES string of the molecule is CC(C)OC(=O)c1csc(SCCN2C(=O)CC[C@@H]2CNc2ccc(Cl)c(C(F)(F)F)c2)n1. The number of nitrogens with zero attached hydrogens (tertiary/aromatic N) is 2. The third-order valence-electron chi connectivity index (χ3n) is 4.86. The Bertz CT molecular complexity index is 1000. The number of aromatic nitrogens is 1. The second-order valence-electron chi connectivity index (χ2n) is 7.65. The molecule has 2 aromatic rings. The van der Waals surface area contributed by atoms with E-state index in [0.29, 0.717) is 41.7 Å². The highest BCUT2D eigenvalue weighted by Gasteiger charge is 2.34. The van der Waals surface area contributed by atoms with Gasteiger partial charge in [0.1, 0.15) is 0 Å². The summed E-state index contributed by atoms with van der Waals surface area (Å²) in [6, 6.07) is 3.54. The minimum Gasteiger partial charge on any atom is -0.458 e. The Hall–Kier alpha value is -1.98. The Balaban J connectivity index is 1.52. The van der Waals surface area contributed by atoms with Crippen molar-refractivity contribution in [2.75, 3.05) is 24.2 Å². The number of ether oxygens (including phenoxy) is 1. The molecule has 0 unspecified atom stereocenters. The van der Waals surface area contributed by atoms with Crippen molar-refractivity contribution < 1.29 is 27.5 Å². The minimum atomic E-state index is -4.54. The van der Waals surface area contributed by atoms with Gasteiger partial charge >= 0.3 is 12.1 Å². The Morgan fingerprint density at radius 1 is 1.42 bits per heavy atom. The summed E-state index contributed by atoms with van der Waals surface area (Å²) in [4.78, 5) is 30.2. The van der Waals surface area contributed by atoms with Crippen molar-refractivity contribution in [1.29, 1.82) is 0 Å². The van der Waals surface area contributed by atoms with Gasteiger partial charge in [-0.05, 0) is 38.5 Å². The molecule has 1 fully saturated rings. The smallest absolute Gasteiger partial charge is 0.417 e. The third kappa shape index (κ3) is 7.00. The molecule has 0 bridgehead atoms. The first-order valence-corrected chi connectivity index (χ1v) is 12.5. The largest absolute Gasteiger partial charge is 0.458 e. The number of carbonyl (C=O) groups is 2. The van der Waals surface area contributed by atoms with Crippen LogP contribution in [0, 0.1) is 0 Å². The van der Waals surface area contributed by atoms with E-state index in [1.165, 1.54) is 35.2 Å². The number of likely N-dealkylation sites (tertiary alicyclic amines) is 1. The predicted molar refractivity (Wildman–Crippen MR) is 123 cm³/mol. The van der Waals surface area contributed by atoms with Gasteiger partial charge in [0.2, 0.25) is 5.91 Å². The number of anilines is 1.